The minimum atomic E-state index is 0.532. The van der Waals surface area contributed by atoms with E-state index in [4.69, 9.17) is 0 Å². The molecule has 0 fully saturated rings. The maximum atomic E-state index is 4.49. The zero-order chi connectivity index (χ0) is 13.5. The highest BCUT2D eigenvalue weighted by atomic mass is 15.3. The number of aromatic nitrogens is 2. The molecule has 3 nitrogen and oxygen atoms in total. The van der Waals surface area contributed by atoms with Gasteiger partial charge in [-0.15, -0.1) is 6.58 Å². The van der Waals surface area contributed by atoms with Crippen molar-refractivity contribution in [2.24, 2.45) is 7.05 Å². The first-order valence-electron chi connectivity index (χ1n) is 6.93. The molecule has 0 aliphatic heterocycles. The van der Waals surface area contributed by atoms with Crippen LogP contribution in [0, 0.1) is 13.8 Å². The third-order valence-corrected chi connectivity index (χ3v) is 3.51. The average Bonchev–Trinajstić information content (AvgIpc) is 2.58. The number of aryl methyl sites for hydroxylation is 2. The van der Waals surface area contributed by atoms with Crippen molar-refractivity contribution in [1.29, 1.82) is 0 Å². The monoisotopic (exact) mass is 249 g/mol. The molecule has 1 heterocycles. The van der Waals surface area contributed by atoms with Gasteiger partial charge >= 0.3 is 0 Å². The maximum Gasteiger partial charge on any atom is 0.0628 e. The zero-order valence-corrected chi connectivity index (χ0v) is 12.3. The third-order valence-electron chi connectivity index (χ3n) is 3.51. The van der Waals surface area contributed by atoms with Crippen molar-refractivity contribution in [2.75, 3.05) is 6.54 Å². The quantitative estimate of drug-likeness (QED) is 0.718. The molecule has 18 heavy (non-hydrogen) atoms. The van der Waals surface area contributed by atoms with Gasteiger partial charge in [0.25, 0.3) is 0 Å². The standard InChI is InChI=1S/C15H27N3/c1-6-8-9-14(16-10-7-2)11-15-12(3)17-18(5)13(15)4/h6,14,16H,1,7-11H2,2-5H3. The van der Waals surface area contributed by atoms with Crippen LogP contribution in [0.15, 0.2) is 12.7 Å². The minimum Gasteiger partial charge on any atom is -0.314 e. The summed E-state index contributed by atoms with van der Waals surface area (Å²) >= 11 is 0. The largest absolute Gasteiger partial charge is 0.314 e. The second-order valence-electron chi connectivity index (χ2n) is 4.99. The predicted molar refractivity (Wildman–Crippen MR) is 77.9 cm³/mol. The summed E-state index contributed by atoms with van der Waals surface area (Å²) in [6.45, 7) is 11.4. The minimum absolute atomic E-state index is 0.532. The molecule has 1 unspecified atom stereocenters. The van der Waals surface area contributed by atoms with Crippen molar-refractivity contribution in [3.05, 3.63) is 29.6 Å². The van der Waals surface area contributed by atoms with Crippen molar-refractivity contribution >= 4 is 0 Å². The normalized spacial score (nSPS) is 12.7. The Bertz CT molecular complexity index is 379. The molecule has 0 spiro atoms. The first-order valence-corrected chi connectivity index (χ1v) is 6.93. The van der Waals surface area contributed by atoms with Gasteiger partial charge in [0.1, 0.15) is 0 Å². The summed E-state index contributed by atoms with van der Waals surface area (Å²) in [6.07, 6.45) is 6.47. The highest BCUT2D eigenvalue weighted by Gasteiger charge is 2.15. The second kappa shape index (κ2) is 7.37. The van der Waals surface area contributed by atoms with Crippen molar-refractivity contribution in [1.82, 2.24) is 15.1 Å². The molecule has 1 N–H and O–H groups in total. The van der Waals surface area contributed by atoms with Crippen molar-refractivity contribution < 1.29 is 0 Å². The molecule has 1 aromatic rings. The van der Waals surface area contributed by atoms with Crippen molar-refractivity contribution in [3.63, 3.8) is 0 Å². The van der Waals surface area contributed by atoms with Gasteiger partial charge in [0.15, 0.2) is 0 Å². The lowest BCUT2D eigenvalue weighted by atomic mass is 10.00. The number of allylic oxidation sites excluding steroid dienone is 1. The molecule has 102 valence electrons. The van der Waals surface area contributed by atoms with Crippen LogP contribution in [0.1, 0.15) is 43.1 Å². The molecular formula is C15H27N3. The highest BCUT2D eigenvalue weighted by Crippen LogP contribution is 2.16. The van der Waals surface area contributed by atoms with Crippen LogP contribution in [0.5, 0.6) is 0 Å². The van der Waals surface area contributed by atoms with Crippen LogP contribution in [0.25, 0.3) is 0 Å². The topological polar surface area (TPSA) is 29.9 Å². The number of nitrogens with one attached hydrogen (secondary N) is 1. The van der Waals surface area contributed by atoms with Crippen LogP contribution in [0.4, 0.5) is 0 Å². The van der Waals surface area contributed by atoms with Gasteiger partial charge in [-0.05, 0) is 51.6 Å². The Morgan fingerprint density at radius 2 is 2.17 bits per heavy atom. The van der Waals surface area contributed by atoms with E-state index in [-0.39, 0.29) is 0 Å². The number of hydrogen-bond donors (Lipinski definition) is 1. The Hall–Kier alpha value is -1.09. The maximum absolute atomic E-state index is 4.49. The summed E-state index contributed by atoms with van der Waals surface area (Å²) in [7, 11) is 2.02. The summed E-state index contributed by atoms with van der Waals surface area (Å²) < 4.78 is 1.98. The number of hydrogen-bond acceptors (Lipinski definition) is 2. The molecule has 1 rings (SSSR count). The van der Waals surface area contributed by atoms with Crippen molar-refractivity contribution in [2.45, 2.75) is 52.5 Å². The zero-order valence-electron chi connectivity index (χ0n) is 12.3. The van der Waals surface area contributed by atoms with E-state index in [1.54, 1.807) is 0 Å². The molecule has 1 atom stereocenters. The Morgan fingerprint density at radius 3 is 2.67 bits per heavy atom. The second-order valence-corrected chi connectivity index (χ2v) is 4.99. The van der Waals surface area contributed by atoms with Gasteiger partial charge in [0, 0.05) is 18.8 Å². The van der Waals surface area contributed by atoms with E-state index in [1.807, 2.05) is 17.8 Å². The van der Waals surface area contributed by atoms with E-state index in [1.165, 1.54) is 17.7 Å². The lowest BCUT2D eigenvalue weighted by molar-refractivity contribution is 0.479. The summed E-state index contributed by atoms with van der Waals surface area (Å²) in [5.74, 6) is 0. The first kappa shape index (κ1) is 15.0. The van der Waals surface area contributed by atoms with Crippen LogP contribution in [-0.2, 0) is 13.5 Å². The molecular weight excluding hydrogens is 222 g/mol. The first-order chi connectivity index (χ1) is 8.60. The lowest BCUT2D eigenvalue weighted by Crippen LogP contribution is -2.32. The van der Waals surface area contributed by atoms with Crippen molar-refractivity contribution in [3.8, 4) is 0 Å². The SMILES string of the molecule is C=CCCC(Cc1c(C)nn(C)c1C)NCCC. The third kappa shape index (κ3) is 3.98. The average molecular weight is 249 g/mol. The van der Waals surface area contributed by atoms with Crippen LogP contribution in [0.2, 0.25) is 0 Å². The van der Waals surface area contributed by atoms with Gasteiger partial charge in [-0.3, -0.25) is 4.68 Å². The van der Waals surface area contributed by atoms with Crippen LogP contribution in [0.3, 0.4) is 0 Å². The smallest absolute Gasteiger partial charge is 0.0628 e. The summed E-state index contributed by atoms with van der Waals surface area (Å²) in [5, 5.41) is 8.12. The van der Waals surface area contributed by atoms with Gasteiger partial charge in [0.05, 0.1) is 5.69 Å². The van der Waals surface area contributed by atoms with E-state index in [9.17, 15) is 0 Å². The molecule has 0 saturated carbocycles. The highest BCUT2D eigenvalue weighted by molar-refractivity contribution is 5.25. The summed E-state index contributed by atoms with van der Waals surface area (Å²) in [4.78, 5) is 0. The van der Waals surface area contributed by atoms with Crippen LogP contribution < -0.4 is 5.32 Å². The van der Waals surface area contributed by atoms with E-state index < -0.39 is 0 Å². The Labute approximate surface area is 111 Å². The molecule has 1 aromatic heterocycles. The molecule has 3 heteroatoms. The van der Waals surface area contributed by atoms with Gasteiger partial charge in [-0.25, -0.2) is 0 Å². The predicted octanol–water partition coefficient (Wildman–Crippen LogP) is 2.91. The fourth-order valence-electron chi connectivity index (χ4n) is 2.30. The number of nitrogens with zero attached hydrogens (tertiary/aromatic N) is 2. The van der Waals surface area contributed by atoms with E-state index in [2.05, 4.69) is 37.8 Å². The van der Waals surface area contributed by atoms with Gasteiger partial charge < -0.3 is 5.32 Å². The van der Waals surface area contributed by atoms with Gasteiger partial charge in [-0.1, -0.05) is 13.0 Å². The summed E-state index contributed by atoms with van der Waals surface area (Å²) in [6, 6.07) is 0.532. The Balaban J connectivity index is 2.71. The van der Waals surface area contributed by atoms with Crippen LogP contribution >= 0.6 is 0 Å². The molecule has 0 radical (unpaired) electrons. The van der Waals surface area contributed by atoms with Gasteiger partial charge in [0.2, 0.25) is 0 Å². The van der Waals surface area contributed by atoms with Crippen LogP contribution in [-0.4, -0.2) is 22.4 Å². The Morgan fingerprint density at radius 1 is 1.44 bits per heavy atom. The fraction of sp³-hybridized carbons (Fsp3) is 0.667. The molecule has 0 aliphatic rings. The van der Waals surface area contributed by atoms with E-state index in [0.717, 1.165) is 31.5 Å². The van der Waals surface area contributed by atoms with E-state index in [0.29, 0.717) is 6.04 Å². The Kier molecular flexibility index (Phi) is 6.13. The fourth-order valence-corrected chi connectivity index (χ4v) is 2.30. The molecule has 0 saturated heterocycles. The lowest BCUT2D eigenvalue weighted by Gasteiger charge is -2.18. The number of rotatable bonds is 8. The molecule has 0 bridgehead atoms. The van der Waals surface area contributed by atoms with E-state index >= 15 is 0 Å². The van der Waals surface area contributed by atoms with Gasteiger partial charge in [-0.2, -0.15) is 5.10 Å². The molecule has 0 aromatic carbocycles. The summed E-state index contributed by atoms with van der Waals surface area (Å²) in [5.41, 5.74) is 3.85. The molecule has 0 aliphatic carbocycles. The molecule has 0 amide bonds.